The lowest BCUT2D eigenvalue weighted by molar-refractivity contribution is -0.133. The molecule has 2 aromatic carbocycles. The maximum Gasteiger partial charge on any atom is 0.251 e. The zero-order valence-corrected chi connectivity index (χ0v) is 17.1. The third kappa shape index (κ3) is 6.25. The van der Waals surface area contributed by atoms with Crippen LogP contribution in [0.15, 0.2) is 48.5 Å². The Morgan fingerprint density at radius 3 is 2.21 bits per heavy atom. The van der Waals surface area contributed by atoms with Crippen LogP contribution < -0.4 is 10.6 Å². The van der Waals surface area contributed by atoms with Gasteiger partial charge >= 0.3 is 0 Å². The van der Waals surface area contributed by atoms with Gasteiger partial charge < -0.3 is 15.5 Å². The number of carbonyl (C=O) groups excluding carboxylic acids is 3. The molecule has 2 rings (SSSR count). The van der Waals surface area contributed by atoms with E-state index in [2.05, 4.69) is 10.6 Å². The Bertz CT molecular complexity index is 839. The Morgan fingerprint density at radius 1 is 1.00 bits per heavy atom. The Balaban J connectivity index is 1.84. The van der Waals surface area contributed by atoms with Crippen LogP contribution in [0.2, 0.25) is 10.0 Å². The van der Waals surface area contributed by atoms with Gasteiger partial charge in [0.25, 0.3) is 5.91 Å². The number of nitrogens with zero attached hydrogens (tertiary/aromatic N) is 1. The van der Waals surface area contributed by atoms with Crippen molar-refractivity contribution in [2.45, 2.75) is 19.4 Å². The highest BCUT2D eigenvalue weighted by atomic mass is 35.5. The second-order valence-corrected chi connectivity index (χ2v) is 7.15. The fourth-order valence-corrected chi connectivity index (χ4v) is 2.96. The summed E-state index contributed by atoms with van der Waals surface area (Å²) in [5.74, 6) is -0.956. The van der Waals surface area contributed by atoms with E-state index in [9.17, 15) is 14.4 Å². The number of hydrogen-bond donors (Lipinski definition) is 2. The lowest BCUT2D eigenvalue weighted by Gasteiger charge is -2.20. The average molecular weight is 422 g/mol. The van der Waals surface area contributed by atoms with Crippen LogP contribution in [0.1, 0.15) is 23.7 Å². The van der Waals surface area contributed by atoms with Gasteiger partial charge in [-0.15, -0.1) is 0 Å². The zero-order valence-electron chi connectivity index (χ0n) is 15.5. The van der Waals surface area contributed by atoms with Gasteiger partial charge in [-0.05, 0) is 31.2 Å². The highest BCUT2D eigenvalue weighted by molar-refractivity contribution is 6.39. The fourth-order valence-electron chi connectivity index (χ4n) is 2.47. The largest absolute Gasteiger partial charge is 0.349 e. The molecule has 0 aliphatic carbocycles. The van der Waals surface area contributed by atoms with Crippen LogP contribution in [0, 0.1) is 0 Å². The van der Waals surface area contributed by atoms with Crippen LogP contribution in [-0.2, 0) is 9.59 Å². The van der Waals surface area contributed by atoms with E-state index >= 15 is 0 Å². The van der Waals surface area contributed by atoms with Gasteiger partial charge in [0.05, 0.1) is 22.3 Å². The quantitative estimate of drug-likeness (QED) is 0.716. The van der Waals surface area contributed by atoms with Crippen LogP contribution in [0.4, 0.5) is 5.69 Å². The summed E-state index contributed by atoms with van der Waals surface area (Å²) in [7, 11) is 1.52. The first-order chi connectivity index (χ1) is 13.3. The average Bonchev–Trinajstić information content (AvgIpc) is 2.65. The van der Waals surface area contributed by atoms with Crippen molar-refractivity contribution in [2.75, 3.05) is 18.9 Å². The first-order valence-electron chi connectivity index (χ1n) is 8.61. The molecule has 8 heteroatoms. The highest BCUT2D eigenvalue weighted by Crippen LogP contribution is 2.29. The molecule has 3 amide bonds. The van der Waals surface area contributed by atoms with Gasteiger partial charge in [-0.2, -0.15) is 0 Å². The lowest BCUT2D eigenvalue weighted by Crippen LogP contribution is -2.40. The summed E-state index contributed by atoms with van der Waals surface area (Å²) in [5.41, 5.74) is 0.825. The first kappa shape index (κ1) is 21.7. The SMILES string of the molecule is CC(CC(=O)N(C)CC(=O)Nc1c(Cl)cccc1Cl)NC(=O)c1ccccc1. The maximum absolute atomic E-state index is 12.3. The van der Waals surface area contributed by atoms with Crippen LogP contribution in [-0.4, -0.2) is 42.3 Å². The first-order valence-corrected chi connectivity index (χ1v) is 9.37. The van der Waals surface area contributed by atoms with Crippen molar-refractivity contribution in [2.24, 2.45) is 0 Å². The lowest BCUT2D eigenvalue weighted by atomic mass is 10.1. The molecule has 0 aliphatic rings. The van der Waals surface area contributed by atoms with E-state index in [1.165, 1.54) is 11.9 Å². The molecule has 0 saturated heterocycles. The van der Waals surface area contributed by atoms with Crippen molar-refractivity contribution in [3.8, 4) is 0 Å². The number of benzene rings is 2. The van der Waals surface area contributed by atoms with Gasteiger partial charge in [0.2, 0.25) is 11.8 Å². The number of para-hydroxylation sites is 1. The molecule has 0 radical (unpaired) electrons. The third-order valence-corrected chi connectivity index (χ3v) is 4.56. The highest BCUT2D eigenvalue weighted by Gasteiger charge is 2.19. The van der Waals surface area contributed by atoms with Crippen molar-refractivity contribution < 1.29 is 14.4 Å². The summed E-state index contributed by atoms with van der Waals surface area (Å²) >= 11 is 12.0. The van der Waals surface area contributed by atoms with E-state index in [4.69, 9.17) is 23.2 Å². The Labute approximate surface area is 173 Å². The Hall–Kier alpha value is -2.57. The number of hydrogen-bond acceptors (Lipinski definition) is 3. The molecule has 0 heterocycles. The van der Waals surface area contributed by atoms with Gasteiger partial charge in [-0.1, -0.05) is 47.5 Å². The maximum atomic E-state index is 12.3. The monoisotopic (exact) mass is 421 g/mol. The number of carbonyl (C=O) groups is 3. The second kappa shape index (κ2) is 10.1. The summed E-state index contributed by atoms with van der Waals surface area (Å²) in [6.45, 7) is 1.57. The number of halogens is 2. The van der Waals surface area contributed by atoms with E-state index in [0.717, 1.165) is 0 Å². The molecular formula is C20H21Cl2N3O3. The number of amides is 3. The molecule has 1 atom stereocenters. The molecule has 2 N–H and O–H groups in total. The standard InChI is InChI=1S/C20H21Cl2N3O3/c1-13(23-20(28)14-7-4-3-5-8-14)11-18(27)25(2)12-17(26)24-19-15(21)9-6-10-16(19)22/h3-10,13H,11-12H2,1-2H3,(H,23,28)(H,24,26). The Kier molecular flexibility index (Phi) is 7.84. The molecule has 0 aliphatic heterocycles. The van der Waals surface area contributed by atoms with E-state index in [0.29, 0.717) is 21.3 Å². The minimum Gasteiger partial charge on any atom is -0.349 e. The minimum absolute atomic E-state index is 0.0647. The molecule has 0 aromatic heterocycles. The summed E-state index contributed by atoms with van der Waals surface area (Å²) in [5, 5.41) is 6.00. The smallest absolute Gasteiger partial charge is 0.251 e. The second-order valence-electron chi connectivity index (χ2n) is 6.34. The fraction of sp³-hybridized carbons (Fsp3) is 0.250. The Morgan fingerprint density at radius 2 is 1.61 bits per heavy atom. The van der Waals surface area contributed by atoms with Crippen LogP contribution in [0.3, 0.4) is 0 Å². The van der Waals surface area contributed by atoms with Gasteiger partial charge in [-0.3, -0.25) is 14.4 Å². The molecule has 28 heavy (non-hydrogen) atoms. The molecule has 6 nitrogen and oxygen atoms in total. The molecule has 2 aromatic rings. The van der Waals surface area contributed by atoms with Crippen LogP contribution in [0.5, 0.6) is 0 Å². The number of rotatable bonds is 7. The van der Waals surface area contributed by atoms with Gasteiger partial charge in [0.1, 0.15) is 0 Å². The number of nitrogens with one attached hydrogen (secondary N) is 2. The zero-order chi connectivity index (χ0) is 20.7. The van der Waals surface area contributed by atoms with Crippen molar-refractivity contribution in [1.29, 1.82) is 0 Å². The predicted molar refractivity (Wildman–Crippen MR) is 111 cm³/mol. The van der Waals surface area contributed by atoms with E-state index in [1.807, 2.05) is 6.07 Å². The molecule has 0 fully saturated rings. The van der Waals surface area contributed by atoms with E-state index < -0.39 is 5.91 Å². The summed E-state index contributed by atoms with van der Waals surface area (Å²) in [4.78, 5) is 37.9. The van der Waals surface area contributed by atoms with Gasteiger partial charge in [-0.25, -0.2) is 0 Å². The molecule has 1 unspecified atom stereocenters. The number of anilines is 1. The normalized spacial score (nSPS) is 11.4. The van der Waals surface area contributed by atoms with E-state index in [1.54, 1.807) is 49.4 Å². The van der Waals surface area contributed by atoms with Crippen LogP contribution >= 0.6 is 23.2 Å². The summed E-state index contributed by atoms with van der Waals surface area (Å²) in [6.07, 6.45) is 0.0647. The topological polar surface area (TPSA) is 78.5 Å². The third-order valence-electron chi connectivity index (χ3n) is 3.93. The summed E-state index contributed by atoms with van der Waals surface area (Å²) < 4.78 is 0. The van der Waals surface area contributed by atoms with Crippen molar-refractivity contribution in [3.05, 3.63) is 64.1 Å². The van der Waals surface area contributed by atoms with Gasteiger partial charge in [0, 0.05) is 25.1 Å². The van der Waals surface area contributed by atoms with Crippen LogP contribution in [0.25, 0.3) is 0 Å². The molecule has 0 spiro atoms. The molecule has 0 bridgehead atoms. The van der Waals surface area contributed by atoms with Crippen molar-refractivity contribution in [3.63, 3.8) is 0 Å². The molecule has 0 saturated carbocycles. The van der Waals surface area contributed by atoms with Crippen molar-refractivity contribution >= 4 is 46.6 Å². The molecule has 148 valence electrons. The van der Waals surface area contributed by atoms with E-state index in [-0.39, 0.29) is 30.8 Å². The minimum atomic E-state index is -0.424. The van der Waals surface area contributed by atoms with Crippen molar-refractivity contribution in [1.82, 2.24) is 10.2 Å². The van der Waals surface area contributed by atoms with Gasteiger partial charge in [0.15, 0.2) is 0 Å². The summed E-state index contributed by atoms with van der Waals surface area (Å²) in [6, 6.07) is 13.2. The predicted octanol–water partition coefficient (Wildman–Crippen LogP) is 3.60. The number of likely N-dealkylation sites (N-methyl/N-ethyl adjacent to an activating group) is 1. The molecular weight excluding hydrogens is 401 g/mol.